The van der Waals surface area contributed by atoms with Crippen LogP contribution < -0.4 is 30.9 Å². The first-order chi connectivity index (χ1) is 11.6. The molecule has 0 saturated carbocycles. The summed E-state index contributed by atoms with van der Waals surface area (Å²) in [5.41, 5.74) is 1.48. The van der Waals surface area contributed by atoms with Gasteiger partial charge in [-0.05, 0) is 18.2 Å². The van der Waals surface area contributed by atoms with E-state index in [1.54, 1.807) is 20.4 Å². The fraction of sp³-hybridized carbons (Fsp3) is 0.125. The van der Waals surface area contributed by atoms with Gasteiger partial charge in [0, 0.05) is 17.1 Å². The van der Waals surface area contributed by atoms with Crippen molar-refractivity contribution in [1.82, 2.24) is 15.2 Å². The summed E-state index contributed by atoms with van der Waals surface area (Å²) >= 11 is 1.43. The number of hydrogen-bond acceptors (Lipinski definition) is 6. The largest absolute Gasteiger partial charge is 0.493 e. The normalized spacial score (nSPS) is 11.5. The average molecular weight is 344 g/mol. The number of H-pyrrole nitrogens is 2. The number of thiazole rings is 1. The van der Waals surface area contributed by atoms with Crippen molar-refractivity contribution in [3.05, 3.63) is 44.5 Å². The van der Waals surface area contributed by atoms with Crippen molar-refractivity contribution in [3.8, 4) is 22.8 Å². The number of rotatable bonds is 5. The van der Waals surface area contributed by atoms with E-state index >= 15 is 0 Å². The second-order valence-corrected chi connectivity index (χ2v) is 5.73. The Morgan fingerprint density at radius 2 is 2.04 bits per heavy atom. The summed E-state index contributed by atoms with van der Waals surface area (Å²) in [6, 6.07) is 5.61. The molecule has 7 nitrogen and oxygen atoms in total. The standard InChI is InChI=1S/C16H16N4O3S/c1-9-11(15(21)20-19-9)7-17-16-18-12(8-24-16)10-4-5-13(22-2)14(6-10)23-3/h4-8,19H,1H2,2-3H3,(H,17,18)(H,20,21)/b11-7-. The molecule has 0 amide bonds. The van der Waals surface area contributed by atoms with E-state index in [0.717, 1.165) is 11.3 Å². The molecule has 124 valence electrons. The van der Waals surface area contributed by atoms with E-state index in [9.17, 15) is 4.79 Å². The highest BCUT2D eigenvalue weighted by atomic mass is 32.1. The molecule has 3 N–H and O–H groups in total. The molecular formula is C16H16N4O3S. The van der Waals surface area contributed by atoms with Crippen molar-refractivity contribution < 1.29 is 9.47 Å². The van der Waals surface area contributed by atoms with Crippen LogP contribution in [0.2, 0.25) is 0 Å². The highest BCUT2D eigenvalue weighted by molar-refractivity contribution is 7.14. The fourth-order valence-corrected chi connectivity index (χ4v) is 2.85. The maximum Gasteiger partial charge on any atom is 0.273 e. The maximum absolute atomic E-state index is 11.6. The van der Waals surface area contributed by atoms with E-state index in [-0.39, 0.29) is 5.56 Å². The molecule has 0 radical (unpaired) electrons. The summed E-state index contributed by atoms with van der Waals surface area (Å²) in [5, 5.41) is 11.7. The first kappa shape index (κ1) is 15.9. The van der Waals surface area contributed by atoms with E-state index in [0.29, 0.717) is 27.2 Å². The summed E-state index contributed by atoms with van der Waals surface area (Å²) in [4.78, 5) is 16.1. The zero-order chi connectivity index (χ0) is 17.1. The van der Waals surface area contributed by atoms with E-state index in [4.69, 9.17) is 9.47 Å². The predicted molar refractivity (Wildman–Crippen MR) is 94.9 cm³/mol. The SMILES string of the molecule is C=c1[nH][nH]c(=O)/c1=C\Nc1nc(-c2ccc(OC)c(OC)c2)cs1. The molecule has 0 aliphatic heterocycles. The van der Waals surface area contributed by atoms with Crippen LogP contribution in [0.3, 0.4) is 0 Å². The van der Waals surface area contributed by atoms with Crippen LogP contribution in [0.4, 0.5) is 5.13 Å². The van der Waals surface area contributed by atoms with Crippen LogP contribution in [0.5, 0.6) is 11.5 Å². The summed E-state index contributed by atoms with van der Waals surface area (Å²) in [5.74, 6) is 1.31. The van der Waals surface area contributed by atoms with Gasteiger partial charge in [0.05, 0.1) is 30.5 Å². The molecule has 24 heavy (non-hydrogen) atoms. The van der Waals surface area contributed by atoms with Crippen LogP contribution in [0, 0.1) is 0 Å². The Morgan fingerprint density at radius 1 is 1.25 bits per heavy atom. The third-order valence-corrected chi connectivity index (χ3v) is 4.19. The number of nitrogens with one attached hydrogen (secondary N) is 3. The minimum atomic E-state index is -0.232. The van der Waals surface area contributed by atoms with Gasteiger partial charge in [0.1, 0.15) is 0 Å². The van der Waals surface area contributed by atoms with Gasteiger partial charge in [-0.15, -0.1) is 11.3 Å². The van der Waals surface area contributed by atoms with E-state index in [1.165, 1.54) is 11.3 Å². The number of anilines is 1. The van der Waals surface area contributed by atoms with E-state index in [2.05, 4.69) is 27.1 Å². The van der Waals surface area contributed by atoms with Crippen molar-refractivity contribution >= 4 is 29.2 Å². The highest BCUT2D eigenvalue weighted by Gasteiger charge is 2.09. The van der Waals surface area contributed by atoms with Crippen LogP contribution in [0.15, 0.2) is 28.4 Å². The van der Waals surface area contributed by atoms with Gasteiger partial charge in [-0.3, -0.25) is 15.0 Å². The molecule has 0 spiro atoms. The molecule has 8 heteroatoms. The number of nitrogens with zero attached hydrogens (tertiary/aromatic N) is 1. The molecule has 3 aromatic rings. The average Bonchev–Trinajstić information content (AvgIpc) is 3.19. The molecule has 0 aliphatic rings. The van der Waals surface area contributed by atoms with Crippen LogP contribution >= 0.6 is 11.3 Å². The van der Waals surface area contributed by atoms with Crippen molar-refractivity contribution in [3.63, 3.8) is 0 Å². The molecule has 0 fully saturated rings. The molecule has 2 heterocycles. The summed E-state index contributed by atoms with van der Waals surface area (Å²) < 4.78 is 10.5. The molecular weight excluding hydrogens is 328 g/mol. The molecule has 0 saturated heterocycles. The minimum Gasteiger partial charge on any atom is -0.493 e. The number of aromatic amines is 2. The number of hydrogen-bond donors (Lipinski definition) is 3. The maximum atomic E-state index is 11.6. The summed E-state index contributed by atoms with van der Waals surface area (Å²) in [7, 11) is 3.19. The van der Waals surface area contributed by atoms with Crippen LogP contribution in [-0.2, 0) is 0 Å². The highest BCUT2D eigenvalue weighted by Crippen LogP contribution is 2.33. The van der Waals surface area contributed by atoms with Gasteiger partial charge in [0.2, 0.25) is 0 Å². The van der Waals surface area contributed by atoms with Crippen molar-refractivity contribution in [1.29, 1.82) is 0 Å². The third-order valence-electron chi connectivity index (χ3n) is 3.42. The first-order valence-electron chi connectivity index (χ1n) is 7.02. The van der Waals surface area contributed by atoms with E-state index in [1.807, 2.05) is 23.6 Å². The topological polar surface area (TPSA) is 92.0 Å². The molecule has 2 aromatic heterocycles. The Labute approximate surface area is 141 Å². The Balaban J connectivity index is 1.87. The van der Waals surface area contributed by atoms with Crippen LogP contribution in [-0.4, -0.2) is 29.4 Å². The van der Waals surface area contributed by atoms with Crippen molar-refractivity contribution in [2.75, 3.05) is 19.5 Å². The van der Waals surface area contributed by atoms with Crippen molar-refractivity contribution in [2.45, 2.75) is 0 Å². The number of benzene rings is 1. The second kappa shape index (κ2) is 6.63. The van der Waals surface area contributed by atoms with Gasteiger partial charge in [-0.1, -0.05) is 6.58 Å². The molecule has 0 aliphatic carbocycles. The second-order valence-electron chi connectivity index (χ2n) is 4.87. The lowest BCUT2D eigenvalue weighted by Crippen LogP contribution is -2.33. The lowest BCUT2D eigenvalue weighted by Gasteiger charge is -2.08. The third kappa shape index (κ3) is 3.04. The Bertz CT molecular complexity index is 988. The smallest absolute Gasteiger partial charge is 0.273 e. The van der Waals surface area contributed by atoms with Gasteiger partial charge in [-0.2, -0.15) is 0 Å². The van der Waals surface area contributed by atoms with Crippen LogP contribution in [0.1, 0.15) is 0 Å². The predicted octanol–water partition coefficient (Wildman–Crippen LogP) is 1.10. The first-order valence-corrected chi connectivity index (χ1v) is 7.90. The lowest BCUT2D eigenvalue weighted by atomic mass is 10.1. The Hall–Kier alpha value is -3.00. The van der Waals surface area contributed by atoms with Gasteiger partial charge in [0.15, 0.2) is 16.6 Å². The molecule has 3 rings (SSSR count). The van der Waals surface area contributed by atoms with Gasteiger partial charge in [0.25, 0.3) is 5.56 Å². The summed E-state index contributed by atoms with van der Waals surface area (Å²) in [6.07, 6.45) is 1.58. The zero-order valence-corrected chi connectivity index (χ0v) is 14.0. The minimum absolute atomic E-state index is 0.232. The van der Waals surface area contributed by atoms with Gasteiger partial charge < -0.3 is 14.8 Å². The van der Waals surface area contributed by atoms with Gasteiger partial charge >= 0.3 is 0 Å². The monoisotopic (exact) mass is 344 g/mol. The molecule has 0 bridgehead atoms. The molecule has 0 unspecified atom stereocenters. The van der Waals surface area contributed by atoms with Gasteiger partial charge in [-0.25, -0.2) is 4.98 Å². The zero-order valence-electron chi connectivity index (χ0n) is 13.2. The summed E-state index contributed by atoms with van der Waals surface area (Å²) in [6.45, 7) is 3.74. The number of aromatic nitrogens is 3. The van der Waals surface area contributed by atoms with Crippen molar-refractivity contribution in [2.24, 2.45) is 0 Å². The Morgan fingerprint density at radius 3 is 2.71 bits per heavy atom. The lowest BCUT2D eigenvalue weighted by molar-refractivity contribution is 0.355. The quantitative estimate of drug-likeness (QED) is 0.645. The number of ether oxygens (including phenoxy) is 2. The molecule has 0 atom stereocenters. The fourth-order valence-electron chi connectivity index (χ4n) is 2.16. The molecule has 1 aromatic carbocycles. The van der Waals surface area contributed by atoms with Crippen LogP contribution in [0.25, 0.3) is 24.0 Å². The number of methoxy groups -OCH3 is 2. The Kier molecular flexibility index (Phi) is 4.39. The van der Waals surface area contributed by atoms with E-state index < -0.39 is 0 Å².